The molecule has 0 spiro atoms. The van der Waals surface area contributed by atoms with E-state index in [1.54, 1.807) is 11.6 Å². The number of carboxylic acids is 1. The molecule has 0 bridgehead atoms. The van der Waals surface area contributed by atoms with E-state index in [4.69, 9.17) is 0 Å². The molecule has 1 atom stereocenters. The second-order valence-corrected chi connectivity index (χ2v) is 11.7. The minimum Gasteiger partial charge on any atom is -0.480 e. The van der Waals surface area contributed by atoms with Gasteiger partial charge in [-0.25, -0.2) is 0 Å². The third-order valence-electron chi connectivity index (χ3n) is 9.04. The Bertz CT molecular complexity index is 1370. The highest BCUT2D eigenvalue weighted by Crippen LogP contribution is 2.35. The van der Waals surface area contributed by atoms with Gasteiger partial charge in [-0.15, -0.1) is 0 Å². The fraction of sp³-hybridized carbons (Fsp3) is 0.485. The summed E-state index contributed by atoms with van der Waals surface area (Å²) in [6.45, 7) is 2.40. The molecule has 2 aromatic carbocycles. The number of carbonyl (C=O) groups excluding carboxylic acids is 1. The van der Waals surface area contributed by atoms with Crippen LogP contribution in [0.4, 0.5) is 0 Å². The van der Waals surface area contributed by atoms with E-state index in [2.05, 4.69) is 12.1 Å². The van der Waals surface area contributed by atoms with Crippen molar-refractivity contribution in [2.75, 3.05) is 26.2 Å². The number of likely N-dealkylation sites (tertiary alicyclic amines) is 1. The lowest BCUT2D eigenvalue weighted by atomic mass is 9.79. The fourth-order valence-corrected chi connectivity index (χ4v) is 6.82. The van der Waals surface area contributed by atoms with Crippen molar-refractivity contribution in [1.82, 2.24) is 14.4 Å². The maximum absolute atomic E-state index is 14.1. The molecule has 1 saturated heterocycles. The van der Waals surface area contributed by atoms with Gasteiger partial charge in [0.25, 0.3) is 5.56 Å². The molecule has 2 aliphatic rings. The van der Waals surface area contributed by atoms with Gasteiger partial charge in [0.1, 0.15) is 0 Å². The summed E-state index contributed by atoms with van der Waals surface area (Å²) in [5.41, 5.74) is 2.68. The summed E-state index contributed by atoms with van der Waals surface area (Å²) in [6.07, 6.45) is 6.92. The Hall–Kier alpha value is -3.45. The van der Waals surface area contributed by atoms with Crippen molar-refractivity contribution < 1.29 is 14.7 Å². The monoisotopic (exact) mass is 543 g/mol. The van der Waals surface area contributed by atoms with Crippen LogP contribution < -0.4 is 5.56 Å². The molecule has 40 heavy (non-hydrogen) atoms. The minimum absolute atomic E-state index is 0.00638. The second kappa shape index (κ2) is 12.8. The van der Waals surface area contributed by atoms with Gasteiger partial charge in [0.05, 0.1) is 18.6 Å². The molecular weight excluding hydrogens is 502 g/mol. The van der Waals surface area contributed by atoms with E-state index in [1.807, 2.05) is 58.3 Å². The largest absolute Gasteiger partial charge is 0.480 e. The highest BCUT2D eigenvalue weighted by atomic mass is 16.4. The number of hydrogen-bond acceptors (Lipinski definition) is 4. The van der Waals surface area contributed by atoms with Crippen molar-refractivity contribution in [3.63, 3.8) is 0 Å². The van der Waals surface area contributed by atoms with Crippen LogP contribution >= 0.6 is 0 Å². The Kier molecular flexibility index (Phi) is 9.00. The molecular formula is C33H41N3O4. The number of para-hydroxylation sites is 1. The number of fused-ring (bicyclic) bond motifs is 1. The molecule has 2 heterocycles. The molecule has 7 nitrogen and oxygen atoms in total. The molecule has 3 aromatic rings. The highest BCUT2D eigenvalue weighted by molar-refractivity contribution is 5.81. The van der Waals surface area contributed by atoms with Crippen LogP contribution in [-0.2, 0) is 23.2 Å². The van der Waals surface area contributed by atoms with Crippen LogP contribution in [0.2, 0.25) is 0 Å². The Balaban J connectivity index is 1.46. The maximum Gasteiger partial charge on any atom is 0.317 e. The van der Waals surface area contributed by atoms with Gasteiger partial charge in [-0.1, -0.05) is 67.8 Å². The molecule has 5 rings (SSSR count). The first kappa shape index (κ1) is 28.1. The number of aromatic nitrogens is 1. The molecule has 1 amide bonds. The van der Waals surface area contributed by atoms with E-state index in [-0.39, 0.29) is 29.8 Å². The summed E-state index contributed by atoms with van der Waals surface area (Å²) in [4.78, 5) is 42.8. The van der Waals surface area contributed by atoms with E-state index in [1.165, 1.54) is 12.0 Å². The summed E-state index contributed by atoms with van der Waals surface area (Å²) >= 11 is 0. The average Bonchev–Trinajstić information content (AvgIpc) is 2.98. The predicted molar refractivity (Wildman–Crippen MR) is 157 cm³/mol. The van der Waals surface area contributed by atoms with E-state index in [0.29, 0.717) is 24.6 Å². The molecule has 7 heteroatoms. The lowest BCUT2D eigenvalue weighted by Crippen LogP contribution is -2.44. The number of carboxylic acid groups (broad SMARTS) is 1. The Morgan fingerprint density at radius 2 is 1.62 bits per heavy atom. The summed E-state index contributed by atoms with van der Waals surface area (Å²) in [5.74, 6) is -0.177. The van der Waals surface area contributed by atoms with E-state index < -0.39 is 5.97 Å². The zero-order valence-corrected chi connectivity index (χ0v) is 23.5. The molecule has 212 valence electrons. The van der Waals surface area contributed by atoms with Crippen LogP contribution in [0.1, 0.15) is 62.0 Å². The number of aliphatic carboxylic acids is 1. The number of rotatable bonds is 9. The average molecular weight is 544 g/mol. The molecule has 1 aromatic heterocycles. The quantitative estimate of drug-likeness (QED) is 0.410. The van der Waals surface area contributed by atoms with Crippen LogP contribution in [-0.4, -0.2) is 57.5 Å². The minimum atomic E-state index is -0.792. The van der Waals surface area contributed by atoms with Crippen molar-refractivity contribution >= 4 is 22.8 Å². The first-order valence-corrected chi connectivity index (χ1v) is 14.8. The molecule has 0 radical (unpaired) electrons. The van der Waals surface area contributed by atoms with E-state index in [9.17, 15) is 19.5 Å². The number of carbonyl (C=O) groups is 2. The number of piperidine rings is 1. The number of hydrogen-bond donors (Lipinski definition) is 1. The van der Waals surface area contributed by atoms with Crippen molar-refractivity contribution in [2.45, 2.75) is 57.4 Å². The first-order valence-electron chi connectivity index (χ1n) is 14.8. The standard InChI is InChI=1S/C33H41N3O4/c1-34-30-15-9-8-14-27(30)20-28(32(34)39)21-36(33(40)26-12-6-3-7-13-26)22-29(24-10-4-2-5-11-24)25-16-18-35(19-17-25)23-31(37)38/h2,4-5,8-11,14-15,20,25-26,29H,3,6-7,12-13,16-19,21-23H2,1H3,(H,37,38). The topological polar surface area (TPSA) is 82.8 Å². The number of pyridine rings is 1. The van der Waals surface area contributed by atoms with Crippen LogP contribution in [0.25, 0.3) is 10.9 Å². The molecule has 1 N–H and O–H groups in total. The molecule has 1 unspecified atom stereocenters. The van der Waals surface area contributed by atoms with Gasteiger partial charge in [-0.2, -0.15) is 0 Å². The SMILES string of the molecule is Cn1c(=O)c(CN(CC(c2ccccc2)C2CCN(CC(=O)O)CC2)C(=O)C2CCCCC2)cc2ccccc21. The van der Waals surface area contributed by atoms with Gasteiger partial charge in [-0.05, 0) is 67.8 Å². The van der Waals surface area contributed by atoms with Crippen molar-refractivity contribution in [3.05, 3.63) is 82.1 Å². The normalized spacial score (nSPS) is 18.0. The third kappa shape index (κ3) is 6.47. The van der Waals surface area contributed by atoms with E-state index in [0.717, 1.165) is 62.5 Å². The first-order chi connectivity index (χ1) is 19.4. The molecule has 2 fully saturated rings. The smallest absolute Gasteiger partial charge is 0.317 e. The molecule has 1 saturated carbocycles. The third-order valence-corrected chi connectivity index (χ3v) is 9.04. The van der Waals surface area contributed by atoms with Crippen molar-refractivity contribution in [1.29, 1.82) is 0 Å². The molecule has 1 aliphatic carbocycles. The summed E-state index contributed by atoms with van der Waals surface area (Å²) in [5, 5.41) is 10.3. The summed E-state index contributed by atoms with van der Waals surface area (Å²) in [7, 11) is 1.80. The van der Waals surface area contributed by atoms with E-state index >= 15 is 0 Å². The maximum atomic E-state index is 14.1. The number of benzene rings is 2. The zero-order chi connectivity index (χ0) is 28.1. The van der Waals surface area contributed by atoms with Gasteiger partial charge in [0.2, 0.25) is 5.91 Å². The number of amides is 1. The van der Waals surface area contributed by atoms with Gasteiger partial charge >= 0.3 is 5.97 Å². The van der Waals surface area contributed by atoms with Crippen molar-refractivity contribution in [3.8, 4) is 0 Å². The molecule has 1 aliphatic heterocycles. The predicted octanol–water partition coefficient (Wildman–Crippen LogP) is 5.03. The van der Waals surface area contributed by atoms with Gasteiger partial charge in [-0.3, -0.25) is 19.3 Å². The lowest BCUT2D eigenvalue weighted by Gasteiger charge is -2.39. The van der Waals surface area contributed by atoms with Gasteiger partial charge in [0, 0.05) is 31.0 Å². The van der Waals surface area contributed by atoms with Gasteiger partial charge in [0.15, 0.2) is 0 Å². The lowest BCUT2D eigenvalue weighted by molar-refractivity contribution is -0.139. The Morgan fingerprint density at radius 3 is 2.33 bits per heavy atom. The zero-order valence-electron chi connectivity index (χ0n) is 23.5. The van der Waals surface area contributed by atoms with Crippen LogP contribution in [0, 0.1) is 11.8 Å². The van der Waals surface area contributed by atoms with Crippen LogP contribution in [0.3, 0.4) is 0 Å². The number of aryl methyl sites for hydroxylation is 1. The highest BCUT2D eigenvalue weighted by Gasteiger charge is 2.33. The summed E-state index contributed by atoms with van der Waals surface area (Å²) < 4.78 is 1.70. The van der Waals surface area contributed by atoms with Crippen LogP contribution in [0.15, 0.2) is 65.5 Å². The second-order valence-electron chi connectivity index (χ2n) is 11.7. The number of nitrogens with zero attached hydrogens (tertiary/aromatic N) is 3. The van der Waals surface area contributed by atoms with Crippen LogP contribution in [0.5, 0.6) is 0 Å². The Morgan fingerprint density at radius 1 is 0.950 bits per heavy atom. The summed E-state index contributed by atoms with van der Waals surface area (Å²) in [6, 6.07) is 20.2. The Labute approximate surface area is 236 Å². The van der Waals surface area contributed by atoms with Crippen molar-refractivity contribution in [2.24, 2.45) is 18.9 Å². The fourth-order valence-electron chi connectivity index (χ4n) is 6.82. The van der Waals surface area contributed by atoms with Gasteiger partial charge < -0.3 is 14.6 Å².